The smallest absolute Gasteiger partial charge is 0.234 e. The van der Waals surface area contributed by atoms with Gasteiger partial charge in [-0.3, -0.25) is 9.59 Å². The Kier molecular flexibility index (Phi) is 7.17. The second-order valence-corrected chi connectivity index (χ2v) is 9.33. The molecule has 0 spiro atoms. The molecule has 0 aromatic heterocycles. The van der Waals surface area contributed by atoms with E-state index in [0.29, 0.717) is 10.6 Å². The first-order valence-corrected chi connectivity index (χ1v) is 11.3. The van der Waals surface area contributed by atoms with Gasteiger partial charge in [-0.15, -0.1) is 0 Å². The van der Waals surface area contributed by atoms with Crippen molar-refractivity contribution >= 4 is 61.1 Å². The summed E-state index contributed by atoms with van der Waals surface area (Å²) in [5.41, 5.74) is 3.03. The molecule has 0 fully saturated rings. The zero-order valence-electron chi connectivity index (χ0n) is 15.5. The fourth-order valence-electron chi connectivity index (χ4n) is 3.03. The van der Waals surface area contributed by atoms with Crippen LogP contribution in [0.5, 0.6) is 0 Å². The molecule has 1 heterocycles. The summed E-state index contributed by atoms with van der Waals surface area (Å²) in [6.45, 7) is 1.91. The topological polar surface area (TPSA) is 82.0 Å². The molecule has 2 aromatic rings. The molecule has 1 aliphatic rings. The van der Waals surface area contributed by atoms with E-state index in [0.717, 1.165) is 37.5 Å². The van der Waals surface area contributed by atoms with E-state index in [-0.39, 0.29) is 29.9 Å². The third-order valence-corrected chi connectivity index (χ3v) is 6.42. The van der Waals surface area contributed by atoms with Crippen LogP contribution in [-0.4, -0.2) is 17.6 Å². The van der Waals surface area contributed by atoms with E-state index in [2.05, 4.69) is 48.6 Å². The number of nitrogens with zero attached hydrogens (tertiary/aromatic N) is 1. The summed E-state index contributed by atoms with van der Waals surface area (Å²) in [6, 6.07) is 15.4. The molecule has 0 bridgehead atoms. The van der Waals surface area contributed by atoms with Crippen LogP contribution in [0.4, 0.5) is 5.69 Å². The van der Waals surface area contributed by atoms with Crippen molar-refractivity contribution in [2.45, 2.75) is 19.3 Å². The molecule has 0 radical (unpaired) electrons. The third kappa shape index (κ3) is 5.50. The molecule has 1 aliphatic heterocycles. The van der Waals surface area contributed by atoms with Gasteiger partial charge in [0.05, 0.1) is 22.4 Å². The van der Waals surface area contributed by atoms with Gasteiger partial charge in [-0.2, -0.15) is 5.26 Å². The van der Waals surface area contributed by atoms with Crippen molar-refractivity contribution in [3.05, 3.63) is 73.1 Å². The number of allylic oxidation sites excluding steroid dienone is 1. The van der Waals surface area contributed by atoms with Gasteiger partial charge in [-0.05, 0) is 48.4 Å². The normalized spacial score (nSPS) is 16.2. The number of rotatable bonds is 5. The van der Waals surface area contributed by atoms with Gasteiger partial charge in [0.25, 0.3) is 0 Å². The Hall–Kier alpha value is -2.08. The predicted octanol–water partition coefficient (Wildman–Crippen LogP) is 5.23. The van der Waals surface area contributed by atoms with E-state index in [1.807, 2.05) is 49.4 Å². The summed E-state index contributed by atoms with van der Waals surface area (Å²) >= 11 is 7.99. The third-order valence-electron chi connectivity index (χ3n) is 4.42. The molecule has 2 N–H and O–H groups in total. The second-order valence-electron chi connectivity index (χ2n) is 6.51. The van der Waals surface area contributed by atoms with Crippen molar-refractivity contribution in [3.63, 3.8) is 0 Å². The number of halogens is 2. The van der Waals surface area contributed by atoms with Crippen molar-refractivity contribution in [1.82, 2.24) is 5.32 Å². The van der Waals surface area contributed by atoms with E-state index >= 15 is 0 Å². The van der Waals surface area contributed by atoms with Gasteiger partial charge in [0.1, 0.15) is 0 Å². The van der Waals surface area contributed by atoms with Crippen LogP contribution in [0.1, 0.15) is 23.5 Å². The summed E-state index contributed by atoms with van der Waals surface area (Å²) < 4.78 is 1.83. The van der Waals surface area contributed by atoms with Crippen molar-refractivity contribution in [1.29, 1.82) is 5.26 Å². The molecule has 0 aliphatic carbocycles. The van der Waals surface area contributed by atoms with Crippen LogP contribution in [0.2, 0.25) is 0 Å². The van der Waals surface area contributed by atoms with Crippen molar-refractivity contribution in [3.8, 4) is 6.07 Å². The fraction of sp³-hybridized carbons (Fsp3) is 0.190. The molecule has 8 heteroatoms. The highest BCUT2D eigenvalue weighted by Crippen LogP contribution is 2.36. The lowest BCUT2D eigenvalue weighted by molar-refractivity contribution is -0.121. The summed E-state index contributed by atoms with van der Waals surface area (Å²) in [7, 11) is 0. The maximum atomic E-state index is 12.4. The fourth-order valence-corrected chi connectivity index (χ4v) is 4.80. The van der Waals surface area contributed by atoms with Crippen LogP contribution >= 0.6 is 43.6 Å². The number of amides is 2. The highest BCUT2D eigenvalue weighted by Gasteiger charge is 2.30. The quantitative estimate of drug-likeness (QED) is 0.550. The van der Waals surface area contributed by atoms with E-state index in [9.17, 15) is 14.9 Å². The number of benzene rings is 2. The molecule has 1 atom stereocenters. The molecule has 0 saturated carbocycles. The molecule has 2 aromatic carbocycles. The Balaban J connectivity index is 1.76. The molecule has 3 rings (SSSR count). The molecule has 2 amide bonds. The first-order chi connectivity index (χ1) is 13.9. The lowest BCUT2D eigenvalue weighted by atomic mass is 9.87. The molecular weight excluding hydrogens is 518 g/mol. The highest BCUT2D eigenvalue weighted by molar-refractivity contribution is 9.10. The molecule has 29 heavy (non-hydrogen) atoms. The van der Waals surface area contributed by atoms with Crippen LogP contribution in [0.25, 0.3) is 0 Å². The van der Waals surface area contributed by atoms with Crippen LogP contribution in [-0.2, 0) is 9.59 Å². The van der Waals surface area contributed by atoms with E-state index < -0.39 is 0 Å². The van der Waals surface area contributed by atoms with E-state index in [4.69, 9.17) is 0 Å². The SMILES string of the molecule is Cc1cc(Br)ccc1NC(=O)CSC1=C(C#N)[C@H](c2cccc(Br)c2)CC(=O)N1. The summed E-state index contributed by atoms with van der Waals surface area (Å²) in [5, 5.41) is 15.8. The van der Waals surface area contributed by atoms with Crippen LogP contribution < -0.4 is 10.6 Å². The first-order valence-electron chi connectivity index (χ1n) is 8.75. The highest BCUT2D eigenvalue weighted by atomic mass is 79.9. The Morgan fingerprint density at radius 3 is 2.72 bits per heavy atom. The summed E-state index contributed by atoms with van der Waals surface area (Å²) in [5.74, 6) is -0.614. The van der Waals surface area contributed by atoms with Gasteiger partial charge < -0.3 is 10.6 Å². The number of anilines is 1. The molecule has 0 unspecified atom stereocenters. The average molecular weight is 535 g/mol. The maximum Gasteiger partial charge on any atom is 0.234 e. The van der Waals surface area contributed by atoms with Gasteiger partial charge in [0.15, 0.2) is 0 Å². The molecule has 148 valence electrons. The number of nitriles is 1. The first kappa shape index (κ1) is 21.6. The lowest BCUT2D eigenvalue weighted by Gasteiger charge is -2.25. The zero-order chi connectivity index (χ0) is 21.0. The van der Waals surface area contributed by atoms with E-state index in [1.165, 1.54) is 0 Å². The van der Waals surface area contributed by atoms with Gasteiger partial charge in [-0.25, -0.2) is 0 Å². The number of carbonyl (C=O) groups excluding carboxylic acids is 2. The number of hydrogen-bond donors (Lipinski definition) is 2. The minimum Gasteiger partial charge on any atom is -0.325 e. The molecule has 5 nitrogen and oxygen atoms in total. The van der Waals surface area contributed by atoms with Crippen molar-refractivity contribution in [2.24, 2.45) is 0 Å². The average Bonchev–Trinajstić information content (AvgIpc) is 2.68. The summed E-state index contributed by atoms with van der Waals surface area (Å²) in [4.78, 5) is 24.6. The minimum absolute atomic E-state index is 0.0848. The van der Waals surface area contributed by atoms with Crippen LogP contribution in [0, 0.1) is 18.3 Å². The number of carbonyl (C=O) groups is 2. The maximum absolute atomic E-state index is 12.4. The Morgan fingerprint density at radius 1 is 1.28 bits per heavy atom. The Morgan fingerprint density at radius 2 is 2.03 bits per heavy atom. The Labute approximate surface area is 190 Å². The molecular formula is C21H17Br2N3O2S. The second kappa shape index (κ2) is 9.61. The van der Waals surface area contributed by atoms with Crippen molar-refractivity contribution < 1.29 is 9.59 Å². The zero-order valence-corrected chi connectivity index (χ0v) is 19.4. The van der Waals surface area contributed by atoms with Crippen LogP contribution in [0.15, 0.2) is 62.0 Å². The minimum atomic E-state index is -0.328. The van der Waals surface area contributed by atoms with Gasteiger partial charge in [0.2, 0.25) is 11.8 Å². The van der Waals surface area contributed by atoms with Gasteiger partial charge >= 0.3 is 0 Å². The van der Waals surface area contributed by atoms with Crippen LogP contribution in [0.3, 0.4) is 0 Å². The monoisotopic (exact) mass is 533 g/mol. The lowest BCUT2D eigenvalue weighted by Crippen LogP contribution is -2.31. The van der Waals surface area contributed by atoms with E-state index in [1.54, 1.807) is 0 Å². The Bertz CT molecular complexity index is 1050. The van der Waals surface area contributed by atoms with Gasteiger partial charge in [-0.1, -0.05) is 55.8 Å². The number of aryl methyl sites for hydroxylation is 1. The molecule has 0 saturated heterocycles. The van der Waals surface area contributed by atoms with Gasteiger partial charge in [0, 0.05) is 27.0 Å². The summed E-state index contributed by atoms with van der Waals surface area (Å²) in [6.07, 6.45) is 0.202. The largest absolute Gasteiger partial charge is 0.325 e. The standard InChI is InChI=1S/C21H17Br2N3O2S/c1-12-7-15(23)5-6-18(12)25-20(28)11-29-21-17(10-24)16(9-19(27)26-21)13-3-2-4-14(22)8-13/h2-8,16H,9,11H2,1H3,(H,25,28)(H,26,27)/t16-/m0/s1. The van der Waals surface area contributed by atoms with Crippen molar-refractivity contribution in [2.75, 3.05) is 11.1 Å². The number of hydrogen-bond acceptors (Lipinski definition) is 4. The predicted molar refractivity (Wildman–Crippen MR) is 122 cm³/mol. The number of thioether (sulfide) groups is 1. The number of nitrogens with one attached hydrogen (secondary N) is 2.